The molecule has 1 unspecified atom stereocenters. The minimum atomic E-state index is -4.66. The summed E-state index contributed by atoms with van der Waals surface area (Å²) in [6, 6.07) is 5.59. The van der Waals surface area contributed by atoms with E-state index >= 15 is 0 Å². The lowest BCUT2D eigenvalue weighted by Crippen LogP contribution is -2.23. The Balaban J connectivity index is 2.45. The Kier molecular flexibility index (Phi) is 4.77. The molecule has 0 heterocycles. The molecule has 0 saturated heterocycles. The topological polar surface area (TPSA) is 41.5 Å². The van der Waals surface area contributed by atoms with Crippen LogP contribution in [0.2, 0.25) is 0 Å². The van der Waals surface area contributed by atoms with E-state index in [0.29, 0.717) is 13.1 Å². The molecule has 1 atom stereocenters. The van der Waals surface area contributed by atoms with Crippen LogP contribution >= 0.6 is 0 Å². The van der Waals surface area contributed by atoms with E-state index < -0.39 is 12.5 Å². The summed E-state index contributed by atoms with van der Waals surface area (Å²) in [6.07, 6.45) is -5.12. The van der Waals surface area contributed by atoms with Crippen LogP contribution in [0.1, 0.15) is 12.5 Å². The molecule has 0 aliphatic heterocycles. The van der Waals surface area contributed by atoms with Gasteiger partial charge in [-0.25, -0.2) is 0 Å². The van der Waals surface area contributed by atoms with Crippen molar-refractivity contribution in [1.29, 1.82) is 0 Å². The molecule has 0 aromatic heterocycles. The zero-order valence-corrected chi connectivity index (χ0v) is 9.29. The number of ether oxygens (including phenoxy) is 1. The standard InChI is InChI=1S/C11H14F3NO2/c1-8(16)6-15-7-9-2-4-10(5-3-9)17-11(12,13)14/h2-5,8,15-16H,6-7H2,1H3. The molecule has 96 valence electrons. The smallest absolute Gasteiger partial charge is 0.406 e. The minimum Gasteiger partial charge on any atom is -0.406 e. The molecule has 1 rings (SSSR count). The van der Waals surface area contributed by atoms with E-state index in [2.05, 4.69) is 10.1 Å². The van der Waals surface area contributed by atoms with Gasteiger partial charge in [0.15, 0.2) is 0 Å². The first-order chi connectivity index (χ1) is 7.87. The average Bonchev–Trinajstić information content (AvgIpc) is 2.18. The van der Waals surface area contributed by atoms with Crippen LogP contribution in [0.4, 0.5) is 13.2 Å². The van der Waals surface area contributed by atoms with Crippen LogP contribution in [0.3, 0.4) is 0 Å². The normalized spacial score (nSPS) is 13.5. The van der Waals surface area contributed by atoms with Gasteiger partial charge in [-0.3, -0.25) is 0 Å². The summed E-state index contributed by atoms with van der Waals surface area (Å²) in [6.45, 7) is 2.56. The number of hydrogen-bond donors (Lipinski definition) is 2. The molecule has 0 fully saturated rings. The first-order valence-corrected chi connectivity index (χ1v) is 5.10. The number of benzene rings is 1. The number of rotatable bonds is 5. The molecular weight excluding hydrogens is 235 g/mol. The van der Waals surface area contributed by atoms with E-state index in [1.165, 1.54) is 24.3 Å². The third-order valence-electron chi connectivity index (χ3n) is 1.93. The lowest BCUT2D eigenvalue weighted by atomic mass is 10.2. The van der Waals surface area contributed by atoms with Crippen molar-refractivity contribution in [2.24, 2.45) is 0 Å². The van der Waals surface area contributed by atoms with Crippen LogP contribution in [0.15, 0.2) is 24.3 Å². The highest BCUT2D eigenvalue weighted by atomic mass is 19.4. The summed E-state index contributed by atoms with van der Waals surface area (Å²) < 4.78 is 39.4. The number of halogens is 3. The highest BCUT2D eigenvalue weighted by Gasteiger charge is 2.30. The Morgan fingerprint density at radius 2 is 1.88 bits per heavy atom. The van der Waals surface area contributed by atoms with Crippen LogP contribution in [0.25, 0.3) is 0 Å². The maximum Gasteiger partial charge on any atom is 0.573 e. The second-order valence-corrected chi connectivity index (χ2v) is 3.67. The largest absolute Gasteiger partial charge is 0.573 e. The lowest BCUT2D eigenvalue weighted by Gasteiger charge is -2.10. The quantitative estimate of drug-likeness (QED) is 0.839. The number of hydrogen-bond acceptors (Lipinski definition) is 3. The van der Waals surface area contributed by atoms with E-state index in [9.17, 15) is 13.2 Å². The first kappa shape index (κ1) is 13.8. The first-order valence-electron chi connectivity index (χ1n) is 5.10. The monoisotopic (exact) mass is 249 g/mol. The molecule has 0 saturated carbocycles. The highest BCUT2D eigenvalue weighted by molar-refractivity contribution is 5.27. The molecule has 0 aliphatic carbocycles. The summed E-state index contributed by atoms with van der Waals surface area (Å²) in [5.41, 5.74) is 0.820. The molecule has 3 nitrogen and oxygen atoms in total. The maximum atomic E-state index is 11.9. The molecule has 1 aromatic rings. The molecule has 0 spiro atoms. The predicted octanol–water partition coefficient (Wildman–Crippen LogP) is 2.06. The summed E-state index contributed by atoms with van der Waals surface area (Å²) in [4.78, 5) is 0. The molecule has 2 N–H and O–H groups in total. The average molecular weight is 249 g/mol. The Labute approximate surface area is 97.2 Å². The van der Waals surface area contributed by atoms with Crippen molar-refractivity contribution in [3.05, 3.63) is 29.8 Å². The van der Waals surface area contributed by atoms with Gasteiger partial charge in [-0.05, 0) is 24.6 Å². The molecule has 0 aliphatic rings. The Hall–Kier alpha value is -1.27. The lowest BCUT2D eigenvalue weighted by molar-refractivity contribution is -0.274. The number of aliphatic hydroxyl groups is 1. The van der Waals surface area contributed by atoms with E-state index in [1.807, 2.05) is 0 Å². The SMILES string of the molecule is CC(O)CNCc1ccc(OC(F)(F)F)cc1. The highest BCUT2D eigenvalue weighted by Crippen LogP contribution is 2.22. The Bertz CT molecular complexity index is 336. The molecule has 6 heteroatoms. The van der Waals surface area contributed by atoms with Gasteiger partial charge >= 0.3 is 6.36 Å². The van der Waals surface area contributed by atoms with Gasteiger partial charge in [0.2, 0.25) is 0 Å². The van der Waals surface area contributed by atoms with Crippen molar-refractivity contribution in [3.8, 4) is 5.75 Å². The summed E-state index contributed by atoms with van der Waals surface area (Å²) in [5, 5.41) is 12.0. The molecule has 17 heavy (non-hydrogen) atoms. The van der Waals surface area contributed by atoms with Crippen LogP contribution in [0.5, 0.6) is 5.75 Å². The predicted molar refractivity (Wildman–Crippen MR) is 56.5 cm³/mol. The van der Waals surface area contributed by atoms with E-state index in [1.54, 1.807) is 6.92 Å². The van der Waals surface area contributed by atoms with E-state index in [-0.39, 0.29) is 5.75 Å². The van der Waals surface area contributed by atoms with Gasteiger partial charge in [0.25, 0.3) is 0 Å². The van der Waals surface area contributed by atoms with Gasteiger partial charge in [0.05, 0.1) is 6.10 Å². The van der Waals surface area contributed by atoms with E-state index in [0.717, 1.165) is 5.56 Å². The van der Waals surface area contributed by atoms with Crippen molar-refractivity contribution in [3.63, 3.8) is 0 Å². The maximum absolute atomic E-state index is 11.9. The van der Waals surface area contributed by atoms with Gasteiger partial charge in [0.1, 0.15) is 5.75 Å². The van der Waals surface area contributed by atoms with Crippen molar-refractivity contribution < 1.29 is 23.0 Å². The Morgan fingerprint density at radius 1 is 1.29 bits per heavy atom. The van der Waals surface area contributed by atoms with Gasteiger partial charge < -0.3 is 15.2 Å². The second-order valence-electron chi connectivity index (χ2n) is 3.67. The molecule has 0 radical (unpaired) electrons. The van der Waals surface area contributed by atoms with Crippen LogP contribution in [-0.2, 0) is 6.54 Å². The third-order valence-corrected chi connectivity index (χ3v) is 1.93. The van der Waals surface area contributed by atoms with Gasteiger partial charge in [-0.2, -0.15) is 0 Å². The molecule has 0 amide bonds. The van der Waals surface area contributed by atoms with Crippen LogP contribution < -0.4 is 10.1 Å². The number of aliphatic hydroxyl groups excluding tert-OH is 1. The third kappa shape index (κ3) is 6.13. The van der Waals surface area contributed by atoms with Crippen molar-refractivity contribution in [1.82, 2.24) is 5.32 Å². The molecule has 0 bridgehead atoms. The van der Waals surface area contributed by atoms with Crippen molar-refractivity contribution in [2.75, 3.05) is 6.54 Å². The van der Waals surface area contributed by atoms with Crippen LogP contribution in [0, 0.1) is 0 Å². The zero-order valence-electron chi connectivity index (χ0n) is 9.29. The molecular formula is C11H14F3NO2. The fraction of sp³-hybridized carbons (Fsp3) is 0.455. The Morgan fingerprint density at radius 3 is 2.35 bits per heavy atom. The fourth-order valence-corrected chi connectivity index (χ4v) is 1.23. The fourth-order valence-electron chi connectivity index (χ4n) is 1.23. The molecule has 1 aromatic carbocycles. The number of nitrogens with one attached hydrogen (secondary N) is 1. The van der Waals surface area contributed by atoms with E-state index in [4.69, 9.17) is 5.11 Å². The van der Waals surface area contributed by atoms with Gasteiger partial charge in [-0.15, -0.1) is 13.2 Å². The number of alkyl halides is 3. The second kappa shape index (κ2) is 5.88. The summed E-state index contributed by atoms with van der Waals surface area (Å²) in [7, 11) is 0. The van der Waals surface area contributed by atoms with Crippen molar-refractivity contribution >= 4 is 0 Å². The van der Waals surface area contributed by atoms with Gasteiger partial charge in [0, 0.05) is 13.1 Å². The van der Waals surface area contributed by atoms with Gasteiger partial charge in [-0.1, -0.05) is 12.1 Å². The summed E-state index contributed by atoms with van der Waals surface area (Å²) >= 11 is 0. The van der Waals surface area contributed by atoms with Crippen molar-refractivity contribution in [2.45, 2.75) is 25.9 Å². The van der Waals surface area contributed by atoms with Crippen LogP contribution in [-0.4, -0.2) is 24.1 Å². The minimum absolute atomic E-state index is 0.239. The summed E-state index contributed by atoms with van der Waals surface area (Å²) in [5.74, 6) is -0.239. The zero-order chi connectivity index (χ0) is 12.9.